The summed E-state index contributed by atoms with van der Waals surface area (Å²) in [6.45, 7) is 0. The van der Waals surface area contributed by atoms with Crippen molar-refractivity contribution in [3.8, 4) is 0 Å². The van der Waals surface area contributed by atoms with Crippen LogP contribution in [0.3, 0.4) is 0 Å². The summed E-state index contributed by atoms with van der Waals surface area (Å²) in [6, 6.07) is 7.47. The van der Waals surface area contributed by atoms with E-state index in [0.717, 1.165) is 12.3 Å². The molecule has 1 aromatic rings. The predicted molar refractivity (Wildman–Crippen MR) is 78.8 cm³/mol. The molecule has 0 amide bonds. The minimum absolute atomic E-state index is 0.145. The van der Waals surface area contributed by atoms with Crippen LogP contribution in [0.1, 0.15) is 50.5 Å². The molecule has 1 aromatic carbocycles. The van der Waals surface area contributed by atoms with Gasteiger partial charge in [0.2, 0.25) is 0 Å². The van der Waals surface area contributed by atoms with E-state index in [9.17, 15) is 4.39 Å². The van der Waals surface area contributed by atoms with Crippen molar-refractivity contribution in [3.63, 3.8) is 0 Å². The lowest BCUT2D eigenvalue weighted by molar-refractivity contribution is 0.361. The topological polar surface area (TPSA) is 12.0 Å². The van der Waals surface area contributed by atoms with Gasteiger partial charge in [-0.15, -0.1) is 0 Å². The van der Waals surface area contributed by atoms with E-state index in [1.54, 1.807) is 12.1 Å². The van der Waals surface area contributed by atoms with Crippen molar-refractivity contribution < 1.29 is 4.39 Å². The van der Waals surface area contributed by atoms with E-state index in [0.29, 0.717) is 6.04 Å². The van der Waals surface area contributed by atoms with Gasteiger partial charge in [-0.05, 0) is 43.5 Å². The van der Waals surface area contributed by atoms with Crippen LogP contribution in [0.5, 0.6) is 0 Å². The van der Waals surface area contributed by atoms with Crippen molar-refractivity contribution in [2.75, 3.05) is 7.05 Å². The molecule has 0 spiro atoms. The third-order valence-corrected chi connectivity index (χ3v) is 4.40. The summed E-state index contributed by atoms with van der Waals surface area (Å²) in [6.07, 6.45) is 10.7. The first-order valence-electron chi connectivity index (χ1n) is 7.69. The summed E-state index contributed by atoms with van der Waals surface area (Å²) in [5, 5.41) is 3.44. The van der Waals surface area contributed by atoms with Gasteiger partial charge in [0.05, 0.1) is 0 Å². The fraction of sp³-hybridized carbons (Fsp3) is 0.647. The fourth-order valence-electron chi connectivity index (χ4n) is 3.21. The van der Waals surface area contributed by atoms with Crippen LogP contribution in [-0.2, 0) is 6.42 Å². The third kappa shape index (κ3) is 4.94. The molecule has 1 N–H and O–H groups in total. The van der Waals surface area contributed by atoms with E-state index in [-0.39, 0.29) is 5.82 Å². The Kier molecular flexibility index (Phi) is 5.84. The van der Waals surface area contributed by atoms with E-state index in [1.807, 2.05) is 19.2 Å². The highest BCUT2D eigenvalue weighted by atomic mass is 19.1. The number of hydrogen-bond donors (Lipinski definition) is 1. The molecule has 2 rings (SSSR count). The van der Waals surface area contributed by atoms with Crippen LogP contribution in [0.15, 0.2) is 24.3 Å². The second kappa shape index (κ2) is 7.64. The maximum absolute atomic E-state index is 12.9. The summed E-state index contributed by atoms with van der Waals surface area (Å²) in [4.78, 5) is 0. The van der Waals surface area contributed by atoms with Crippen LogP contribution in [0.4, 0.5) is 4.39 Å². The molecule has 1 aliphatic carbocycles. The van der Waals surface area contributed by atoms with E-state index >= 15 is 0 Å². The van der Waals surface area contributed by atoms with Gasteiger partial charge < -0.3 is 5.32 Å². The molecule has 0 bridgehead atoms. The Bertz CT molecular complexity index is 352. The average Bonchev–Trinajstić information content (AvgIpc) is 2.69. The maximum atomic E-state index is 12.9. The Labute approximate surface area is 116 Å². The van der Waals surface area contributed by atoms with Gasteiger partial charge in [-0.25, -0.2) is 4.39 Å². The van der Waals surface area contributed by atoms with Gasteiger partial charge >= 0.3 is 0 Å². The number of likely N-dealkylation sites (N-methyl/N-ethyl adjacent to an activating group) is 1. The van der Waals surface area contributed by atoms with Crippen molar-refractivity contribution in [2.45, 2.75) is 57.4 Å². The second-order valence-electron chi connectivity index (χ2n) is 5.91. The first-order chi connectivity index (χ1) is 9.28. The maximum Gasteiger partial charge on any atom is 0.123 e. The quantitative estimate of drug-likeness (QED) is 0.780. The molecule has 0 aliphatic heterocycles. The highest BCUT2D eigenvalue weighted by molar-refractivity contribution is 5.17. The molecule has 1 nitrogen and oxygen atoms in total. The Balaban J connectivity index is 1.86. The van der Waals surface area contributed by atoms with Crippen molar-refractivity contribution >= 4 is 0 Å². The molecule has 1 fully saturated rings. The summed E-state index contributed by atoms with van der Waals surface area (Å²) < 4.78 is 12.9. The van der Waals surface area contributed by atoms with Gasteiger partial charge in [0, 0.05) is 6.04 Å². The van der Waals surface area contributed by atoms with Gasteiger partial charge in [-0.2, -0.15) is 0 Å². The highest BCUT2D eigenvalue weighted by Gasteiger charge is 2.17. The minimum atomic E-state index is -0.145. The SMILES string of the molecule is CNC(Cc1ccc(F)cc1)CC1CCCCCC1. The number of benzene rings is 1. The zero-order valence-corrected chi connectivity index (χ0v) is 12.0. The Morgan fingerprint density at radius 3 is 2.32 bits per heavy atom. The first-order valence-corrected chi connectivity index (χ1v) is 7.69. The monoisotopic (exact) mass is 263 g/mol. The predicted octanol–water partition coefficient (Wildman–Crippen LogP) is 4.32. The number of rotatable bonds is 5. The molecule has 1 aliphatic rings. The summed E-state index contributed by atoms with van der Waals surface area (Å²) in [7, 11) is 2.05. The lowest BCUT2D eigenvalue weighted by Crippen LogP contribution is -2.30. The fourth-order valence-corrected chi connectivity index (χ4v) is 3.21. The average molecular weight is 263 g/mol. The summed E-state index contributed by atoms with van der Waals surface area (Å²) in [5.74, 6) is 0.730. The standard InChI is InChI=1S/C17H26FN/c1-19-17(12-14-6-4-2-3-5-7-14)13-15-8-10-16(18)11-9-15/h8-11,14,17,19H,2-7,12-13H2,1H3. The third-order valence-electron chi connectivity index (χ3n) is 4.40. The van der Waals surface area contributed by atoms with Crippen LogP contribution in [0.2, 0.25) is 0 Å². The minimum Gasteiger partial charge on any atom is -0.317 e. The highest BCUT2D eigenvalue weighted by Crippen LogP contribution is 2.27. The zero-order valence-electron chi connectivity index (χ0n) is 12.0. The van der Waals surface area contributed by atoms with E-state index < -0.39 is 0 Å². The number of halogens is 1. The molecule has 0 heterocycles. The normalized spacial score (nSPS) is 19.1. The Hall–Kier alpha value is -0.890. The molecule has 0 aromatic heterocycles. The van der Waals surface area contributed by atoms with Gasteiger partial charge in [0.25, 0.3) is 0 Å². The van der Waals surface area contributed by atoms with Crippen LogP contribution < -0.4 is 5.32 Å². The number of nitrogens with one attached hydrogen (secondary N) is 1. The molecule has 1 unspecified atom stereocenters. The molecule has 0 saturated heterocycles. The molecular weight excluding hydrogens is 237 g/mol. The molecular formula is C17H26FN. The molecule has 0 radical (unpaired) electrons. The smallest absolute Gasteiger partial charge is 0.123 e. The van der Waals surface area contributed by atoms with Crippen molar-refractivity contribution in [1.82, 2.24) is 5.32 Å². The van der Waals surface area contributed by atoms with Crippen LogP contribution in [0, 0.1) is 11.7 Å². The van der Waals surface area contributed by atoms with Gasteiger partial charge in [-0.1, -0.05) is 50.7 Å². The van der Waals surface area contributed by atoms with Gasteiger partial charge in [0.1, 0.15) is 5.82 Å². The lowest BCUT2D eigenvalue weighted by Gasteiger charge is -2.22. The van der Waals surface area contributed by atoms with E-state index in [1.165, 1.54) is 50.5 Å². The second-order valence-corrected chi connectivity index (χ2v) is 5.91. The molecule has 19 heavy (non-hydrogen) atoms. The van der Waals surface area contributed by atoms with E-state index in [2.05, 4.69) is 5.32 Å². The van der Waals surface area contributed by atoms with Gasteiger partial charge in [0.15, 0.2) is 0 Å². The largest absolute Gasteiger partial charge is 0.317 e. The number of hydrogen-bond acceptors (Lipinski definition) is 1. The van der Waals surface area contributed by atoms with Crippen molar-refractivity contribution in [1.29, 1.82) is 0 Å². The van der Waals surface area contributed by atoms with Crippen LogP contribution >= 0.6 is 0 Å². The summed E-state index contributed by atoms with van der Waals surface area (Å²) >= 11 is 0. The lowest BCUT2D eigenvalue weighted by atomic mass is 9.90. The van der Waals surface area contributed by atoms with Crippen LogP contribution in [0.25, 0.3) is 0 Å². The van der Waals surface area contributed by atoms with Crippen molar-refractivity contribution in [2.24, 2.45) is 5.92 Å². The van der Waals surface area contributed by atoms with Crippen LogP contribution in [-0.4, -0.2) is 13.1 Å². The first kappa shape index (κ1) is 14.5. The molecule has 1 saturated carbocycles. The Morgan fingerprint density at radius 2 is 1.74 bits per heavy atom. The molecule has 1 atom stereocenters. The molecule has 106 valence electrons. The van der Waals surface area contributed by atoms with E-state index in [4.69, 9.17) is 0 Å². The summed E-state index contributed by atoms with van der Waals surface area (Å²) in [5.41, 5.74) is 1.23. The van der Waals surface area contributed by atoms with Gasteiger partial charge in [-0.3, -0.25) is 0 Å². The zero-order chi connectivity index (χ0) is 13.5. The molecule has 2 heteroatoms. The Morgan fingerprint density at radius 1 is 1.11 bits per heavy atom. The van der Waals surface area contributed by atoms with Crippen molar-refractivity contribution in [3.05, 3.63) is 35.6 Å².